The molecule has 3 rings (SSSR count). The van der Waals surface area contributed by atoms with E-state index < -0.39 is 0 Å². The summed E-state index contributed by atoms with van der Waals surface area (Å²) in [5, 5.41) is 6.98. The quantitative estimate of drug-likeness (QED) is 0.570. The molecular formula is C22H30N4O2. The minimum atomic E-state index is 0.0123. The number of hydrogen-bond donors (Lipinski definition) is 2. The second-order valence-corrected chi connectivity index (χ2v) is 7.44. The van der Waals surface area contributed by atoms with Crippen molar-refractivity contribution in [1.29, 1.82) is 0 Å². The number of carbonyl (C=O) groups is 1. The summed E-state index contributed by atoms with van der Waals surface area (Å²) in [6, 6.07) is 12.1. The SMILES string of the molecule is CN(C)C(=O)c1ccc(CN=C(NCCc2ccco2)NC2CCCC2)cc1. The molecule has 150 valence electrons. The van der Waals surface area contributed by atoms with Gasteiger partial charge in [0.15, 0.2) is 5.96 Å². The van der Waals surface area contributed by atoms with Crippen LogP contribution >= 0.6 is 0 Å². The molecule has 0 atom stereocenters. The van der Waals surface area contributed by atoms with Gasteiger partial charge in [-0.05, 0) is 42.7 Å². The molecule has 1 amide bonds. The first-order valence-corrected chi connectivity index (χ1v) is 9.99. The monoisotopic (exact) mass is 382 g/mol. The summed E-state index contributed by atoms with van der Waals surface area (Å²) in [5.74, 6) is 1.82. The lowest BCUT2D eigenvalue weighted by molar-refractivity contribution is 0.0827. The van der Waals surface area contributed by atoms with Crippen LogP contribution in [-0.2, 0) is 13.0 Å². The van der Waals surface area contributed by atoms with Crippen molar-refractivity contribution in [1.82, 2.24) is 15.5 Å². The van der Waals surface area contributed by atoms with Crippen LogP contribution in [0.4, 0.5) is 0 Å². The third-order valence-corrected chi connectivity index (χ3v) is 4.97. The number of guanidine groups is 1. The molecule has 6 heteroatoms. The number of nitrogens with zero attached hydrogens (tertiary/aromatic N) is 2. The summed E-state index contributed by atoms with van der Waals surface area (Å²) in [7, 11) is 3.52. The second kappa shape index (κ2) is 9.97. The Morgan fingerprint density at radius 3 is 2.57 bits per heavy atom. The van der Waals surface area contributed by atoms with Crippen molar-refractivity contribution in [3.8, 4) is 0 Å². The molecular weight excluding hydrogens is 352 g/mol. The number of carbonyl (C=O) groups excluding carboxylic acids is 1. The predicted molar refractivity (Wildman–Crippen MR) is 111 cm³/mol. The molecule has 6 nitrogen and oxygen atoms in total. The maximum absolute atomic E-state index is 12.0. The van der Waals surface area contributed by atoms with Gasteiger partial charge in [-0.25, -0.2) is 4.99 Å². The van der Waals surface area contributed by atoms with Crippen molar-refractivity contribution in [2.75, 3.05) is 20.6 Å². The van der Waals surface area contributed by atoms with Crippen LogP contribution in [0.15, 0.2) is 52.1 Å². The van der Waals surface area contributed by atoms with Gasteiger partial charge in [-0.3, -0.25) is 4.79 Å². The first-order valence-electron chi connectivity index (χ1n) is 9.99. The van der Waals surface area contributed by atoms with Gasteiger partial charge in [0.25, 0.3) is 5.91 Å². The predicted octanol–water partition coefficient (Wildman–Crippen LogP) is 3.20. The maximum Gasteiger partial charge on any atom is 0.253 e. The Hall–Kier alpha value is -2.76. The molecule has 0 radical (unpaired) electrons. The number of nitrogens with one attached hydrogen (secondary N) is 2. The molecule has 28 heavy (non-hydrogen) atoms. The summed E-state index contributed by atoms with van der Waals surface area (Å²) in [4.78, 5) is 18.3. The second-order valence-electron chi connectivity index (χ2n) is 7.44. The topological polar surface area (TPSA) is 69.9 Å². The van der Waals surface area contributed by atoms with E-state index in [-0.39, 0.29) is 5.91 Å². The fourth-order valence-electron chi connectivity index (χ4n) is 3.36. The van der Waals surface area contributed by atoms with Gasteiger partial charge in [0.1, 0.15) is 5.76 Å². The van der Waals surface area contributed by atoms with Crippen LogP contribution in [0.5, 0.6) is 0 Å². The Morgan fingerprint density at radius 2 is 1.93 bits per heavy atom. The maximum atomic E-state index is 12.0. The number of benzene rings is 1. The summed E-state index contributed by atoms with van der Waals surface area (Å²) in [6.07, 6.45) is 7.46. The van der Waals surface area contributed by atoms with Crippen LogP contribution in [0.2, 0.25) is 0 Å². The lowest BCUT2D eigenvalue weighted by Crippen LogP contribution is -2.43. The van der Waals surface area contributed by atoms with Gasteiger partial charge in [-0.2, -0.15) is 0 Å². The Labute approximate surface area is 167 Å². The fraction of sp³-hybridized carbons (Fsp3) is 0.455. The minimum absolute atomic E-state index is 0.0123. The van der Waals surface area contributed by atoms with Crippen molar-refractivity contribution in [2.45, 2.75) is 44.7 Å². The van der Waals surface area contributed by atoms with E-state index in [1.54, 1.807) is 25.3 Å². The molecule has 1 fully saturated rings. The fourth-order valence-corrected chi connectivity index (χ4v) is 3.36. The molecule has 0 spiro atoms. The first kappa shape index (κ1) is 20.0. The zero-order chi connectivity index (χ0) is 19.8. The van der Waals surface area contributed by atoms with Crippen molar-refractivity contribution in [3.05, 3.63) is 59.5 Å². The van der Waals surface area contributed by atoms with Crippen LogP contribution in [0.1, 0.15) is 47.4 Å². The molecule has 0 saturated heterocycles. The molecule has 1 aliphatic rings. The molecule has 0 bridgehead atoms. The first-order chi connectivity index (χ1) is 13.6. The molecule has 2 N–H and O–H groups in total. The van der Waals surface area contributed by atoms with Crippen LogP contribution < -0.4 is 10.6 Å². The summed E-state index contributed by atoms with van der Waals surface area (Å²) < 4.78 is 5.39. The number of hydrogen-bond acceptors (Lipinski definition) is 3. The Bertz CT molecular complexity index is 760. The Balaban J connectivity index is 1.59. The highest BCUT2D eigenvalue weighted by atomic mass is 16.3. The van der Waals surface area contributed by atoms with Crippen molar-refractivity contribution in [2.24, 2.45) is 4.99 Å². The van der Waals surface area contributed by atoms with E-state index in [4.69, 9.17) is 9.41 Å². The summed E-state index contributed by atoms with van der Waals surface area (Å²) >= 11 is 0. The molecule has 2 aromatic rings. The summed E-state index contributed by atoms with van der Waals surface area (Å²) in [5.41, 5.74) is 1.77. The zero-order valence-electron chi connectivity index (χ0n) is 16.8. The number of furan rings is 1. The van der Waals surface area contributed by atoms with Crippen LogP contribution in [0.3, 0.4) is 0 Å². The van der Waals surface area contributed by atoms with Crippen LogP contribution in [-0.4, -0.2) is 43.4 Å². The van der Waals surface area contributed by atoms with Gasteiger partial charge in [0, 0.05) is 38.7 Å². The van der Waals surface area contributed by atoms with E-state index in [2.05, 4.69) is 10.6 Å². The highest BCUT2D eigenvalue weighted by Crippen LogP contribution is 2.17. The molecule has 0 aliphatic heterocycles. The number of amides is 1. The zero-order valence-corrected chi connectivity index (χ0v) is 16.8. The van der Waals surface area contributed by atoms with Gasteiger partial charge >= 0.3 is 0 Å². The van der Waals surface area contributed by atoms with Gasteiger partial charge in [0.2, 0.25) is 0 Å². The lowest BCUT2D eigenvalue weighted by atomic mass is 10.1. The van der Waals surface area contributed by atoms with Gasteiger partial charge in [0.05, 0.1) is 12.8 Å². The molecule has 1 saturated carbocycles. The number of rotatable bonds is 7. The largest absolute Gasteiger partial charge is 0.469 e. The highest BCUT2D eigenvalue weighted by molar-refractivity contribution is 5.93. The normalized spacial score (nSPS) is 14.9. The highest BCUT2D eigenvalue weighted by Gasteiger charge is 2.16. The van der Waals surface area contributed by atoms with E-state index in [0.29, 0.717) is 18.2 Å². The van der Waals surface area contributed by atoms with E-state index >= 15 is 0 Å². The molecule has 1 heterocycles. The lowest BCUT2D eigenvalue weighted by Gasteiger charge is -2.17. The van der Waals surface area contributed by atoms with E-state index in [1.165, 1.54) is 25.7 Å². The van der Waals surface area contributed by atoms with Gasteiger partial charge in [-0.1, -0.05) is 25.0 Å². The third-order valence-electron chi connectivity index (χ3n) is 4.97. The average molecular weight is 383 g/mol. The molecule has 1 aliphatic carbocycles. The van der Waals surface area contributed by atoms with Crippen molar-refractivity contribution >= 4 is 11.9 Å². The minimum Gasteiger partial charge on any atom is -0.469 e. The van der Waals surface area contributed by atoms with E-state index in [1.807, 2.05) is 36.4 Å². The Kier molecular flexibility index (Phi) is 7.12. The molecule has 0 unspecified atom stereocenters. The van der Waals surface area contributed by atoms with Crippen molar-refractivity contribution in [3.63, 3.8) is 0 Å². The summed E-state index contributed by atoms with van der Waals surface area (Å²) in [6.45, 7) is 1.33. The average Bonchev–Trinajstić information content (AvgIpc) is 3.40. The third kappa shape index (κ3) is 5.87. The van der Waals surface area contributed by atoms with Crippen LogP contribution in [0, 0.1) is 0 Å². The molecule has 1 aromatic carbocycles. The van der Waals surface area contributed by atoms with Crippen LogP contribution in [0.25, 0.3) is 0 Å². The molecule has 1 aromatic heterocycles. The standard InChI is InChI=1S/C22H30N4O2/c1-26(2)21(27)18-11-9-17(10-12-18)16-24-22(25-19-6-3-4-7-19)23-14-13-20-8-5-15-28-20/h5,8-12,15,19H,3-4,6-7,13-14,16H2,1-2H3,(H2,23,24,25). The number of aliphatic imine (C=N–C) groups is 1. The Morgan fingerprint density at radius 1 is 1.18 bits per heavy atom. The van der Waals surface area contributed by atoms with E-state index in [9.17, 15) is 4.79 Å². The van der Waals surface area contributed by atoms with Gasteiger partial charge in [-0.15, -0.1) is 0 Å². The van der Waals surface area contributed by atoms with Crippen molar-refractivity contribution < 1.29 is 9.21 Å². The van der Waals surface area contributed by atoms with E-state index in [0.717, 1.165) is 30.2 Å². The smallest absolute Gasteiger partial charge is 0.253 e. The van der Waals surface area contributed by atoms with Gasteiger partial charge < -0.3 is 20.0 Å².